The standard InChI is InChI=1S/C26H37N2/c1-16(2)20-14-21(17(3)4)25(22(15-20)18(5)6)28-24-13-11-10-12-23(24)27(9)26(28)19(7)8/h10-19H,1-9H3/q+1. The number of aromatic nitrogens is 2. The molecular formula is C26H37N2+. The summed E-state index contributed by atoms with van der Waals surface area (Å²) < 4.78 is 4.93. The van der Waals surface area contributed by atoms with E-state index in [-0.39, 0.29) is 0 Å². The topological polar surface area (TPSA) is 8.81 Å². The van der Waals surface area contributed by atoms with Crippen molar-refractivity contribution in [3.8, 4) is 5.69 Å². The van der Waals surface area contributed by atoms with Gasteiger partial charge >= 0.3 is 0 Å². The average Bonchev–Trinajstić information content (AvgIpc) is 2.93. The smallest absolute Gasteiger partial charge is 0.229 e. The molecule has 0 saturated heterocycles. The van der Waals surface area contributed by atoms with E-state index >= 15 is 0 Å². The summed E-state index contributed by atoms with van der Waals surface area (Å²) in [6.45, 7) is 18.5. The lowest BCUT2D eigenvalue weighted by Gasteiger charge is -2.22. The van der Waals surface area contributed by atoms with Crippen LogP contribution in [0.1, 0.15) is 102 Å². The molecule has 0 spiro atoms. The number of benzene rings is 2. The molecule has 0 radical (unpaired) electrons. The third kappa shape index (κ3) is 3.38. The van der Waals surface area contributed by atoms with Crippen molar-refractivity contribution in [3.63, 3.8) is 0 Å². The second-order valence-electron chi connectivity index (χ2n) is 9.41. The van der Waals surface area contributed by atoms with Gasteiger partial charge in [0.1, 0.15) is 5.69 Å². The van der Waals surface area contributed by atoms with Crippen molar-refractivity contribution < 1.29 is 4.57 Å². The van der Waals surface area contributed by atoms with Crippen LogP contribution < -0.4 is 4.57 Å². The number of para-hydroxylation sites is 2. The number of nitrogens with zero attached hydrogens (tertiary/aromatic N) is 2. The van der Waals surface area contributed by atoms with Gasteiger partial charge < -0.3 is 0 Å². The number of hydrogen-bond acceptors (Lipinski definition) is 0. The molecule has 0 atom stereocenters. The highest BCUT2D eigenvalue weighted by molar-refractivity contribution is 5.76. The van der Waals surface area contributed by atoms with Gasteiger partial charge in [0.05, 0.1) is 13.0 Å². The zero-order valence-corrected chi connectivity index (χ0v) is 19.2. The highest BCUT2D eigenvalue weighted by Crippen LogP contribution is 2.37. The Balaban J connectivity index is 2.53. The molecular weight excluding hydrogens is 340 g/mol. The van der Waals surface area contributed by atoms with Gasteiger partial charge in [0, 0.05) is 11.1 Å². The fraction of sp³-hybridized carbons (Fsp3) is 0.500. The summed E-state index contributed by atoms with van der Waals surface area (Å²) in [5.41, 5.74) is 8.35. The van der Waals surface area contributed by atoms with Crippen LogP contribution in [0, 0.1) is 0 Å². The lowest BCUT2D eigenvalue weighted by atomic mass is 9.87. The van der Waals surface area contributed by atoms with Gasteiger partial charge in [0.2, 0.25) is 0 Å². The number of imidazole rings is 1. The molecule has 1 aromatic heterocycles. The molecule has 28 heavy (non-hydrogen) atoms. The molecule has 2 aromatic carbocycles. The van der Waals surface area contributed by atoms with E-state index in [1.807, 2.05) is 0 Å². The van der Waals surface area contributed by atoms with Crippen molar-refractivity contribution in [2.45, 2.75) is 79.1 Å². The Labute approximate surface area is 171 Å². The molecule has 0 aliphatic heterocycles. The molecule has 1 heterocycles. The first kappa shape index (κ1) is 20.6. The molecule has 3 aromatic rings. The number of fused-ring (bicyclic) bond motifs is 1. The molecule has 2 nitrogen and oxygen atoms in total. The van der Waals surface area contributed by atoms with Gasteiger partial charge in [0.25, 0.3) is 5.82 Å². The zero-order valence-electron chi connectivity index (χ0n) is 19.2. The summed E-state index contributed by atoms with van der Waals surface area (Å²) in [7, 11) is 2.21. The van der Waals surface area contributed by atoms with E-state index in [1.165, 1.54) is 39.2 Å². The normalized spacial score (nSPS) is 12.3. The number of aryl methyl sites for hydroxylation is 1. The van der Waals surface area contributed by atoms with Crippen LogP contribution in [0.5, 0.6) is 0 Å². The van der Waals surface area contributed by atoms with E-state index in [2.05, 4.69) is 108 Å². The fourth-order valence-electron chi connectivity index (χ4n) is 4.39. The highest BCUT2D eigenvalue weighted by Gasteiger charge is 2.31. The molecule has 3 rings (SSSR count). The third-order valence-electron chi connectivity index (χ3n) is 5.90. The van der Waals surface area contributed by atoms with Crippen molar-refractivity contribution >= 4 is 11.0 Å². The van der Waals surface area contributed by atoms with Crippen molar-refractivity contribution in [1.82, 2.24) is 4.57 Å². The number of rotatable bonds is 5. The van der Waals surface area contributed by atoms with Gasteiger partial charge in [-0.15, -0.1) is 0 Å². The zero-order chi connectivity index (χ0) is 20.7. The van der Waals surface area contributed by atoms with E-state index in [0.29, 0.717) is 23.7 Å². The first-order valence-electron chi connectivity index (χ1n) is 10.8. The maximum atomic E-state index is 2.55. The molecule has 0 fully saturated rings. The van der Waals surface area contributed by atoms with Crippen LogP contribution in [-0.4, -0.2) is 4.57 Å². The molecule has 150 valence electrons. The Bertz CT molecular complexity index is 958. The average molecular weight is 378 g/mol. The van der Waals surface area contributed by atoms with Gasteiger partial charge in [-0.25, -0.2) is 4.57 Å². The van der Waals surface area contributed by atoms with Crippen molar-refractivity contribution in [2.24, 2.45) is 7.05 Å². The lowest BCUT2D eigenvalue weighted by Crippen LogP contribution is -2.34. The molecule has 0 aliphatic carbocycles. The Kier molecular flexibility index (Phi) is 5.70. The van der Waals surface area contributed by atoms with Gasteiger partial charge in [-0.3, -0.25) is 0 Å². The predicted octanol–water partition coefficient (Wildman–Crippen LogP) is 6.95. The number of hydrogen-bond donors (Lipinski definition) is 0. The quantitative estimate of drug-likeness (QED) is 0.425. The minimum Gasteiger partial charge on any atom is -0.229 e. The van der Waals surface area contributed by atoms with Crippen LogP contribution in [0.4, 0.5) is 0 Å². The van der Waals surface area contributed by atoms with Crippen molar-refractivity contribution in [1.29, 1.82) is 0 Å². The van der Waals surface area contributed by atoms with Crippen LogP contribution in [0.2, 0.25) is 0 Å². The molecule has 0 unspecified atom stereocenters. The second kappa shape index (κ2) is 7.73. The second-order valence-corrected chi connectivity index (χ2v) is 9.41. The van der Waals surface area contributed by atoms with Crippen LogP contribution in [-0.2, 0) is 7.05 Å². The van der Waals surface area contributed by atoms with Gasteiger partial charge in [-0.2, -0.15) is 4.57 Å². The summed E-state index contributed by atoms with van der Waals surface area (Å²) in [5, 5.41) is 0. The van der Waals surface area contributed by atoms with E-state index in [1.54, 1.807) is 0 Å². The minimum atomic E-state index is 0.433. The van der Waals surface area contributed by atoms with E-state index < -0.39 is 0 Å². The predicted molar refractivity (Wildman–Crippen MR) is 121 cm³/mol. The largest absolute Gasteiger partial charge is 0.265 e. The van der Waals surface area contributed by atoms with E-state index in [4.69, 9.17) is 0 Å². The van der Waals surface area contributed by atoms with E-state index in [0.717, 1.165) is 0 Å². The Morgan fingerprint density at radius 1 is 0.714 bits per heavy atom. The lowest BCUT2D eigenvalue weighted by molar-refractivity contribution is -0.654. The molecule has 0 aliphatic rings. The summed E-state index contributed by atoms with van der Waals surface area (Å²) in [5.74, 6) is 3.27. The minimum absolute atomic E-state index is 0.433. The fourth-order valence-corrected chi connectivity index (χ4v) is 4.39. The Morgan fingerprint density at radius 2 is 1.25 bits per heavy atom. The van der Waals surface area contributed by atoms with Gasteiger partial charge in [-0.05, 0) is 35.4 Å². The SMILES string of the molecule is CC(C)c1cc(C(C)C)c(-n2c(C(C)C)[n+](C)c3ccccc32)c(C(C)C)c1. The molecule has 0 saturated carbocycles. The summed E-state index contributed by atoms with van der Waals surface area (Å²) >= 11 is 0. The molecule has 0 N–H and O–H groups in total. The monoisotopic (exact) mass is 377 g/mol. The summed E-state index contributed by atoms with van der Waals surface area (Å²) in [6.07, 6.45) is 0. The first-order valence-corrected chi connectivity index (χ1v) is 10.8. The summed E-state index contributed by atoms with van der Waals surface area (Å²) in [6, 6.07) is 13.7. The first-order chi connectivity index (χ1) is 13.1. The highest BCUT2D eigenvalue weighted by atomic mass is 15.2. The van der Waals surface area contributed by atoms with Crippen molar-refractivity contribution in [3.05, 3.63) is 58.9 Å². The van der Waals surface area contributed by atoms with Gasteiger partial charge in [0.15, 0.2) is 11.0 Å². The molecule has 0 bridgehead atoms. The molecule has 2 heteroatoms. The third-order valence-corrected chi connectivity index (χ3v) is 5.90. The van der Waals surface area contributed by atoms with E-state index in [9.17, 15) is 0 Å². The van der Waals surface area contributed by atoms with Crippen LogP contribution in [0.25, 0.3) is 16.7 Å². The van der Waals surface area contributed by atoms with Gasteiger partial charge in [-0.1, -0.05) is 79.7 Å². The Morgan fingerprint density at radius 3 is 1.71 bits per heavy atom. The van der Waals surface area contributed by atoms with Crippen LogP contribution >= 0.6 is 0 Å². The van der Waals surface area contributed by atoms with Crippen molar-refractivity contribution in [2.75, 3.05) is 0 Å². The maximum Gasteiger partial charge on any atom is 0.265 e. The van der Waals surface area contributed by atoms with Crippen LogP contribution in [0.15, 0.2) is 36.4 Å². The maximum absolute atomic E-state index is 2.55. The Hall–Kier alpha value is -2.09. The summed E-state index contributed by atoms with van der Waals surface area (Å²) in [4.78, 5) is 0. The van der Waals surface area contributed by atoms with Crippen LogP contribution in [0.3, 0.4) is 0 Å². The molecule has 0 amide bonds.